The van der Waals surface area contributed by atoms with E-state index >= 15 is 0 Å². The molecule has 1 aliphatic heterocycles. The molecule has 1 unspecified atom stereocenters. The third-order valence-corrected chi connectivity index (χ3v) is 5.22. The summed E-state index contributed by atoms with van der Waals surface area (Å²) in [5.41, 5.74) is 0. The van der Waals surface area contributed by atoms with Crippen molar-refractivity contribution in [2.75, 3.05) is 18.8 Å². The minimum atomic E-state index is -1.28. The summed E-state index contributed by atoms with van der Waals surface area (Å²) in [6, 6.07) is -0.555. The Bertz CT molecular complexity index is 602. The smallest absolute Gasteiger partial charge is 0.440 e. The molecule has 9 heteroatoms. The molecule has 4 atom stereocenters. The van der Waals surface area contributed by atoms with Gasteiger partial charge in [-0.2, -0.15) is 9.28 Å². The van der Waals surface area contributed by atoms with Crippen molar-refractivity contribution in [2.24, 2.45) is 5.92 Å². The summed E-state index contributed by atoms with van der Waals surface area (Å²) in [5, 5.41) is 11.9. The Morgan fingerprint density at radius 1 is 1.44 bits per heavy atom. The zero-order chi connectivity index (χ0) is 19.2. The van der Waals surface area contributed by atoms with Crippen LogP contribution in [0.3, 0.4) is 0 Å². The predicted octanol–water partition coefficient (Wildman–Crippen LogP) is 1.44. The largest absolute Gasteiger partial charge is 0.521 e. The van der Waals surface area contributed by atoms with Crippen LogP contribution < -0.4 is 5.32 Å². The first-order valence-electron chi connectivity index (χ1n) is 7.82. The number of alkyl carbamates (subject to hydrolysis) is 1. The predicted molar refractivity (Wildman–Crippen MR) is 91.6 cm³/mol. The van der Waals surface area contributed by atoms with Crippen molar-refractivity contribution in [2.45, 2.75) is 39.3 Å². The topological polar surface area (TPSA) is 110 Å². The van der Waals surface area contributed by atoms with Crippen molar-refractivity contribution >= 4 is 35.0 Å². The third-order valence-electron chi connectivity index (χ3n) is 4.15. The fraction of sp³-hybridized carbons (Fsp3) is 0.625. The lowest BCUT2D eigenvalue weighted by Crippen LogP contribution is -2.61. The molecule has 0 spiro atoms. The number of thioether (sulfide) groups is 1. The molecular weight excluding hydrogens is 348 g/mol. The number of carbonyl (C=O) groups is 4. The number of hydrogen-bond donors (Lipinski definition) is 2. The minimum Gasteiger partial charge on any atom is -0.440 e. The van der Waals surface area contributed by atoms with Gasteiger partial charge in [-0.1, -0.05) is 17.7 Å². The summed E-state index contributed by atoms with van der Waals surface area (Å²) < 4.78 is 4.37. The number of likely N-dealkylation sites (tertiary alicyclic amines) is 1. The van der Waals surface area contributed by atoms with Gasteiger partial charge < -0.3 is 15.2 Å². The second kappa shape index (κ2) is 8.87. The third kappa shape index (κ3) is 4.96. The lowest BCUT2D eigenvalue weighted by molar-refractivity contribution is -0.795. The maximum Gasteiger partial charge on any atom is 0.521 e. The molecule has 0 aliphatic carbocycles. The van der Waals surface area contributed by atoms with Gasteiger partial charge >= 0.3 is 18.1 Å². The van der Waals surface area contributed by atoms with Crippen LogP contribution in [0.5, 0.6) is 0 Å². The Morgan fingerprint density at radius 3 is 2.60 bits per heavy atom. The molecule has 1 heterocycles. The zero-order valence-electron chi connectivity index (χ0n) is 14.5. The Labute approximate surface area is 150 Å². The summed E-state index contributed by atoms with van der Waals surface area (Å²) in [6.07, 6.45) is 2.55. The van der Waals surface area contributed by atoms with Crippen molar-refractivity contribution in [3.63, 3.8) is 0 Å². The highest BCUT2D eigenvalue weighted by molar-refractivity contribution is 8.13. The Hall–Kier alpha value is -2.05. The van der Waals surface area contributed by atoms with Crippen molar-refractivity contribution in [3.05, 3.63) is 0 Å². The number of hydrogen-bond acceptors (Lipinski definition) is 6. The zero-order valence-corrected chi connectivity index (χ0v) is 15.3. The molecule has 2 N–H and O–H groups in total. The average molecular weight is 371 g/mol. The van der Waals surface area contributed by atoms with E-state index < -0.39 is 40.6 Å². The number of rotatable bonds is 5. The molecular formula is C16H23N2O6S+. The highest BCUT2D eigenvalue weighted by atomic mass is 32.2. The first-order valence-corrected chi connectivity index (χ1v) is 8.80. The van der Waals surface area contributed by atoms with Crippen LogP contribution in [0.4, 0.5) is 9.59 Å². The second-order valence-corrected chi connectivity index (χ2v) is 7.24. The summed E-state index contributed by atoms with van der Waals surface area (Å²) in [6.45, 7) is 4.48. The van der Waals surface area contributed by atoms with E-state index in [9.17, 15) is 24.3 Å². The van der Waals surface area contributed by atoms with E-state index in [1.54, 1.807) is 13.8 Å². The SMILES string of the molecule is C#CCNC(=O)O[C@H]1C[C@@H](C)[N@@+](C(=O)O)(C(=O)C(C)CSC(C)=O)C1. The van der Waals surface area contributed by atoms with Crippen molar-refractivity contribution in [1.29, 1.82) is 0 Å². The maximum absolute atomic E-state index is 12.8. The number of amides is 3. The monoisotopic (exact) mass is 371 g/mol. The van der Waals surface area contributed by atoms with E-state index in [4.69, 9.17) is 11.2 Å². The van der Waals surface area contributed by atoms with E-state index in [-0.39, 0.29) is 30.4 Å². The summed E-state index contributed by atoms with van der Waals surface area (Å²) in [4.78, 5) is 47.4. The van der Waals surface area contributed by atoms with Gasteiger partial charge in [-0.15, -0.1) is 6.42 Å². The van der Waals surface area contributed by atoms with Crippen LogP contribution in [0.2, 0.25) is 0 Å². The molecule has 138 valence electrons. The quantitative estimate of drug-likeness (QED) is 0.556. The van der Waals surface area contributed by atoms with Gasteiger partial charge in [0, 0.05) is 19.1 Å². The molecule has 1 fully saturated rings. The van der Waals surface area contributed by atoms with Crippen molar-refractivity contribution in [1.82, 2.24) is 5.32 Å². The maximum atomic E-state index is 12.8. The van der Waals surface area contributed by atoms with Crippen molar-refractivity contribution < 1.29 is 33.5 Å². The molecule has 0 radical (unpaired) electrons. The lowest BCUT2D eigenvalue weighted by Gasteiger charge is -2.31. The molecule has 0 aromatic carbocycles. The number of nitrogens with zero attached hydrogens (tertiary/aromatic N) is 1. The normalized spacial score (nSPS) is 26.3. The van der Waals surface area contributed by atoms with Crippen LogP contribution in [-0.4, -0.2) is 63.8 Å². The molecule has 0 aromatic heterocycles. The van der Waals surface area contributed by atoms with Gasteiger partial charge in [-0.25, -0.2) is 9.59 Å². The van der Waals surface area contributed by atoms with Gasteiger partial charge in [0.2, 0.25) is 0 Å². The lowest BCUT2D eigenvalue weighted by atomic mass is 10.1. The van der Waals surface area contributed by atoms with Crippen LogP contribution in [0.15, 0.2) is 0 Å². The molecule has 8 nitrogen and oxygen atoms in total. The van der Waals surface area contributed by atoms with E-state index in [1.165, 1.54) is 6.92 Å². The first-order chi connectivity index (χ1) is 11.6. The summed E-state index contributed by atoms with van der Waals surface area (Å²) in [7, 11) is 0. The standard InChI is InChI=1S/C16H22N2O6S/c1-5-6-17-15(21)24-13-7-11(3)18(8-13,16(22)23)14(20)10(2)9-25-12(4)19/h1,10-11,13H,6-9H2,2-4H3,(H-,17,21,22,23)/p+1/t10?,11-,13+,18-/m1/s1. The van der Waals surface area contributed by atoms with Crippen LogP contribution in [0, 0.1) is 18.3 Å². The number of ether oxygens (including phenoxy) is 1. The number of quaternary nitrogens is 1. The number of nitrogens with one attached hydrogen (secondary N) is 1. The van der Waals surface area contributed by atoms with Crippen molar-refractivity contribution in [3.8, 4) is 12.3 Å². The highest BCUT2D eigenvalue weighted by Gasteiger charge is 2.58. The van der Waals surface area contributed by atoms with Gasteiger partial charge in [0.25, 0.3) is 0 Å². The van der Waals surface area contributed by atoms with Gasteiger partial charge in [0.15, 0.2) is 11.2 Å². The summed E-state index contributed by atoms with van der Waals surface area (Å²) in [5.74, 6) is 1.32. The van der Waals surface area contributed by atoms with E-state index in [0.29, 0.717) is 0 Å². The number of carbonyl (C=O) groups excluding carboxylic acids is 3. The molecule has 0 bridgehead atoms. The van der Waals surface area contributed by atoms with Crippen LogP contribution in [-0.2, 0) is 14.3 Å². The first kappa shape index (κ1) is 21.0. The Kier molecular flexibility index (Phi) is 7.45. The van der Waals surface area contributed by atoms with Crippen LogP contribution in [0.1, 0.15) is 27.2 Å². The number of terminal acetylenes is 1. The highest BCUT2D eigenvalue weighted by Crippen LogP contribution is 2.32. The molecule has 0 saturated carbocycles. The molecule has 3 amide bonds. The molecule has 1 rings (SSSR count). The van der Waals surface area contributed by atoms with E-state index in [0.717, 1.165) is 11.8 Å². The van der Waals surface area contributed by atoms with Crippen LogP contribution in [0.25, 0.3) is 0 Å². The molecule has 25 heavy (non-hydrogen) atoms. The minimum absolute atomic E-state index is 0.00171. The second-order valence-electron chi connectivity index (χ2n) is 6.05. The molecule has 1 aliphatic rings. The van der Waals surface area contributed by atoms with Gasteiger partial charge in [-0.3, -0.25) is 4.79 Å². The van der Waals surface area contributed by atoms with E-state index in [1.807, 2.05) is 0 Å². The Morgan fingerprint density at radius 2 is 2.08 bits per heavy atom. The fourth-order valence-electron chi connectivity index (χ4n) is 2.91. The van der Waals surface area contributed by atoms with Gasteiger partial charge in [0.1, 0.15) is 12.6 Å². The van der Waals surface area contributed by atoms with Crippen LogP contribution >= 0.6 is 11.8 Å². The number of imide groups is 1. The summed E-state index contributed by atoms with van der Waals surface area (Å²) >= 11 is 0.982. The van der Waals surface area contributed by atoms with Gasteiger partial charge in [0.05, 0.1) is 12.5 Å². The number of carboxylic acid groups (broad SMARTS) is 1. The average Bonchev–Trinajstić information content (AvgIpc) is 2.86. The fourth-order valence-corrected chi connectivity index (χ4v) is 3.54. The van der Waals surface area contributed by atoms with E-state index in [2.05, 4.69) is 11.2 Å². The van der Waals surface area contributed by atoms with Gasteiger partial charge in [-0.05, 0) is 13.8 Å². The Balaban J connectivity index is 2.88. The molecule has 0 aromatic rings. The molecule has 1 saturated heterocycles.